The summed E-state index contributed by atoms with van der Waals surface area (Å²) in [6.45, 7) is 0. The minimum atomic E-state index is -1.01. The van der Waals surface area contributed by atoms with E-state index in [-0.39, 0.29) is 4.70 Å². The van der Waals surface area contributed by atoms with Crippen LogP contribution in [0.2, 0.25) is 0 Å². The molecule has 0 unspecified atom stereocenters. The van der Waals surface area contributed by atoms with Gasteiger partial charge in [0, 0.05) is 0 Å². The Bertz CT molecular complexity index is 754. The molecule has 11 heteroatoms. The van der Waals surface area contributed by atoms with Crippen LogP contribution >= 0.6 is 11.3 Å². The van der Waals surface area contributed by atoms with E-state index in [1.54, 1.807) is 0 Å². The molecule has 17 heavy (non-hydrogen) atoms. The molecule has 2 aromatic heterocycles. The number of hydrogen-bond acceptors (Lipinski definition) is 7. The van der Waals surface area contributed by atoms with Crippen molar-refractivity contribution in [1.29, 1.82) is 0 Å². The number of rotatable bonds is 2. The first-order valence-corrected chi connectivity index (χ1v) is 4.81. The molecule has 2 heterocycles. The van der Waals surface area contributed by atoms with Crippen LogP contribution in [0, 0.1) is 20.2 Å². The Morgan fingerprint density at radius 1 is 1.06 bits per heavy atom. The maximum Gasteiger partial charge on any atom is 0.404 e. The van der Waals surface area contributed by atoms with Crippen molar-refractivity contribution in [3.8, 4) is 0 Å². The molecule has 0 radical (unpaired) electrons. The highest BCUT2D eigenvalue weighted by atomic mass is 32.1. The van der Waals surface area contributed by atoms with E-state index in [4.69, 9.17) is 0 Å². The monoisotopic (exact) mass is 258 g/mol. The largest absolute Gasteiger partial charge is 0.404 e. The molecule has 2 N–H and O–H groups in total. The van der Waals surface area contributed by atoms with Crippen molar-refractivity contribution in [2.24, 2.45) is 0 Å². The van der Waals surface area contributed by atoms with Crippen LogP contribution < -0.4 is 11.2 Å². The van der Waals surface area contributed by atoms with Crippen molar-refractivity contribution in [2.75, 3.05) is 0 Å². The third kappa shape index (κ3) is 1.57. The minimum absolute atomic E-state index is 0.261. The highest BCUT2D eigenvalue weighted by Gasteiger charge is 2.33. The molecule has 0 atom stereocenters. The lowest BCUT2D eigenvalue weighted by molar-refractivity contribution is -0.418. The average Bonchev–Trinajstić information content (AvgIpc) is 2.56. The van der Waals surface area contributed by atoms with Gasteiger partial charge < -0.3 is 4.98 Å². The fourth-order valence-electron chi connectivity index (χ4n) is 1.28. The molecule has 0 bridgehead atoms. The second-order valence-corrected chi connectivity index (χ2v) is 3.88. The summed E-state index contributed by atoms with van der Waals surface area (Å²) in [7, 11) is 0. The molecule has 0 fully saturated rings. The van der Waals surface area contributed by atoms with Gasteiger partial charge in [0.05, 0.1) is 9.85 Å². The second kappa shape index (κ2) is 3.48. The van der Waals surface area contributed by atoms with Crippen molar-refractivity contribution in [3.05, 3.63) is 41.1 Å². The van der Waals surface area contributed by atoms with Crippen LogP contribution in [0.5, 0.6) is 0 Å². The summed E-state index contributed by atoms with van der Waals surface area (Å²) in [6, 6.07) is 0. The van der Waals surface area contributed by atoms with E-state index in [0.717, 1.165) is 0 Å². The molecule has 10 nitrogen and oxygen atoms in total. The standard InChI is InChI=1S/C6H2N4O6S/c11-4-3-1(7-6(12)8-4)2(9(13)14)5(17-3)10(15)16/h(H2,7,8,11,12). The molecule has 0 amide bonds. The fourth-order valence-corrected chi connectivity index (χ4v) is 2.22. The molecule has 0 aliphatic heterocycles. The molecule has 0 saturated heterocycles. The molecular weight excluding hydrogens is 256 g/mol. The SMILES string of the molecule is O=c1[nH]c(=O)c2sc([N+](=O)[O-])c([N+](=O)[O-])c2[nH]1. The number of nitro groups is 2. The van der Waals surface area contributed by atoms with E-state index in [9.17, 15) is 29.8 Å². The Labute approximate surface area is 93.8 Å². The van der Waals surface area contributed by atoms with Crippen LogP contribution in [0.3, 0.4) is 0 Å². The predicted octanol–water partition coefficient (Wildman–Crippen LogP) is 0.0943. The lowest BCUT2D eigenvalue weighted by Crippen LogP contribution is -2.20. The highest BCUT2D eigenvalue weighted by Crippen LogP contribution is 2.39. The van der Waals surface area contributed by atoms with E-state index >= 15 is 0 Å². The number of aromatic amines is 2. The van der Waals surface area contributed by atoms with Crippen molar-refractivity contribution in [1.82, 2.24) is 9.97 Å². The zero-order chi connectivity index (χ0) is 12.7. The third-order valence-electron chi connectivity index (χ3n) is 1.89. The smallest absolute Gasteiger partial charge is 0.300 e. The van der Waals surface area contributed by atoms with Gasteiger partial charge in [-0.05, 0) is 11.3 Å². The van der Waals surface area contributed by atoms with Gasteiger partial charge in [-0.2, -0.15) is 0 Å². The Morgan fingerprint density at radius 2 is 1.71 bits per heavy atom. The Kier molecular flexibility index (Phi) is 2.24. The van der Waals surface area contributed by atoms with Gasteiger partial charge in [-0.1, -0.05) is 0 Å². The molecule has 2 rings (SSSR count). The number of H-pyrrole nitrogens is 2. The summed E-state index contributed by atoms with van der Waals surface area (Å²) >= 11 is 0.341. The van der Waals surface area contributed by atoms with Gasteiger partial charge in [-0.3, -0.25) is 30.0 Å². The molecule has 2 aromatic rings. The van der Waals surface area contributed by atoms with Crippen LogP contribution in [0.4, 0.5) is 10.7 Å². The van der Waals surface area contributed by atoms with Crippen molar-refractivity contribution >= 4 is 32.2 Å². The summed E-state index contributed by atoms with van der Waals surface area (Å²) in [4.78, 5) is 45.4. The molecule has 0 aliphatic rings. The highest BCUT2D eigenvalue weighted by molar-refractivity contribution is 7.22. The summed E-state index contributed by atoms with van der Waals surface area (Å²) in [6.07, 6.45) is 0. The van der Waals surface area contributed by atoms with Crippen molar-refractivity contribution in [2.45, 2.75) is 0 Å². The molecule has 0 saturated carbocycles. The number of nitrogens with one attached hydrogen (secondary N) is 2. The van der Waals surface area contributed by atoms with Crippen LogP contribution in [0.1, 0.15) is 0 Å². The van der Waals surface area contributed by atoms with Gasteiger partial charge in [0.2, 0.25) is 0 Å². The molecular formula is C6H2N4O6S. The predicted molar refractivity (Wildman–Crippen MR) is 56.4 cm³/mol. The van der Waals surface area contributed by atoms with E-state index < -0.39 is 37.3 Å². The van der Waals surface area contributed by atoms with Gasteiger partial charge in [0.1, 0.15) is 4.70 Å². The topological polar surface area (TPSA) is 152 Å². The van der Waals surface area contributed by atoms with Crippen LogP contribution in [0.15, 0.2) is 9.59 Å². The number of aromatic nitrogens is 2. The number of hydrogen-bond donors (Lipinski definition) is 2. The number of nitrogens with zero attached hydrogens (tertiary/aromatic N) is 2. The lowest BCUT2D eigenvalue weighted by atomic mass is 10.4. The third-order valence-corrected chi connectivity index (χ3v) is 3.01. The molecule has 88 valence electrons. The zero-order valence-electron chi connectivity index (χ0n) is 7.75. The van der Waals surface area contributed by atoms with Gasteiger partial charge in [0.15, 0.2) is 5.52 Å². The second-order valence-electron chi connectivity index (χ2n) is 2.88. The molecule has 0 aromatic carbocycles. The van der Waals surface area contributed by atoms with E-state index in [2.05, 4.69) is 0 Å². The normalized spacial score (nSPS) is 10.6. The summed E-state index contributed by atoms with van der Waals surface area (Å²) in [5.41, 5.74) is -3.16. The first-order valence-electron chi connectivity index (χ1n) is 3.99. The molecule has 0 aliphatic carbocycles. The van der Waals surface area contributed by atoms with Crippen LogP contribution in [-0.4, -0.2) is 19.8 Å². The maximum atomic E-state index is 11.3. The molecule has 0 spiro atoms. The quantitative estimate of drug-likeness (QED) is 0.575. The van der Waals surface area contributed by atoms with Crippen molar-refractivity contribution in [3.63, 3.8) is 0 Å². The summed E-state index contributed by atoms with van der Waals surface area (Å²) in [5.74, 6) is 0. The lowest BCUT2D eigenvalue weighted by Gasteiger charge is -1.88. The average molecular weight is 258 g/mol. The van der Waals surface area contributed by atoms with Crippen molar-refractivity contribution < 1.29 is 9.85 Å². The van der Waals surface area contributed by atoms with Crippen LogP contribution in [0.25, 0.3) is 10.2 Å². The Hall–Kier alpha value is -2.56. The van der Waals surface area contributed by atoms with Gasteiger partial charge in [-0.15, -0.1) is 0 Å². The van der Waals surface area contributed by atoms with Gasteiger partial charge in [-0.25, -0.2) is 4.79 Å². The van der Waals surface area contributed by atoms with Gasteiger partial charge >= 0.3 is 16.4 Å². The van der Waals surface area contributed by atoms with E-state index in [0.29, 0.717) is 11.3 Å². The maximum absolute atomic E-state index is 11.3. The van der Waals surface area contributed by atoms with E-state index in [1.165, 1.54) is 0 Å². The Morgan fingerprint density at radius 3 is 2.24 bits per heavy atom. The minimum Gasteiger partial charge on any atom is -0.300 e. The summed E-state index contributed by atoms with van der Waals surface area (Å²) in [5, 5.41) is 20.5. The number of thiophene rings is 1. The fraction of sp³-hybridized carbons (Fsp3) is 0. The zero-order valence-corrected chi connectivity index (χ0v) is 8.57. The number of fused-ring (bicyclic) bond motifs is 1. The Balaban J connectivity index is 3.06. The first-order chi connectivity index (χ1) is 7.91. The van der Waals surface area contributed by atoms with Gasteiger partial charge in [0.25, 0.3) is 5.56 Å². The van der Waals surface area contributed by atoms with E-state index in [1.807, 2.05) is 9.97 Å². The first kappa shape index (κ1) is 10.9. The summed E-state index contributed by atoms with van der Waals surface area (Å²) < 4.78 is -0.261. The van der Waals surface area contributed by atoms with Crippen LogP contribution in [-0.2, 0) is 0 Å².